The number of allylic oxidation sites excluding steroid dienone is 2. The predicted octanol–water partition coefficient (Wildman–Crippen LogP) is 4.23. The molecule has 1 aliphatic rings. The molecule has 5 atom stereocenters. The number of aliphatic hydroxyl groups excluding tert-OH is 3. The fourth-order valence-electron chi connectivity index (χ4n) is 4.46. The highest BCUT2D eigenvalue weighted by molar-refractivity contribution is 6.30. The van der Waals surface area contributed by atoms with E-state index in [-0.39, 0.29) is 49.3 Å². The summed E-state index contributed by atoms with van der Waals surface area (Å²) in [7, 11) is 0. The topological polar surface area (TPSA) is 149 Å². The summed E-state index contributed by atoms with van der Waals surface area (Å²) in [5, 5.41) is 48.4. The number of aliphatic hydroxyl groups is 3. The van der Waals surface area contributed by atoms with Crippen LogP contribution in [-0.4, -0.2) is 62.0 Å². The zero-order valence-electron chi connectivity index (χ0n) is 22.0. The molecule has 1 saturated carbocycles. The third kappa shape index (κ3) is 11.0. The van der Waals surface area contributed by atoms with E-state index in [1.54, 1.807) is 60.7 Å². The molecule has 0 saturated heterocycles. The minimum absolute atomic E-state index is 0.0313. The summed E-state index contributed by atoms with van der Waals surface area (Å²) in [5.74, 6) is 0.0575. The van der Waals surface area contributed by atoms with E-state index in [1.165, 1.54) is 0 Å². The van der Waals surface area contributed by atoms with E-state index in [9.17, 15) is 20.1 Å². The van der Waals surface area contributed by atoms with E-state index in [0.29, 0.717) is 41.3 Å². The van der Waals surface area contributed by atoms with E-state index < -0.39 is 18.3 Å². The molecule has 0 aliphatic heterocycles. The molecule has 40 heavy (non-hydrogen) atoms. The molecule has 5 N–H and O–H groups in total. The van der Waals surface area contributed by atoms with Crippen molar-refractivity contribution in [2.75, 3.05) is 6.61 Å². The number of halogens is 1. The maximum atomic E-state index is 12.1. The van der Waals surface area contributed by atoms with Crippen molar-refractivity contribution in [1.29, 1.82) is 0 Å². The van der Waals surface area contributed by atoms with Gasteiger partial charge in [-0.25, -0.2) is 4.84 Å². The highest BCUT2D eigenvalue weighted by atomic mass is 35.5. The monoisotopic (exact) mass is 577 g/mol. The Labute approximate surface area is 238 Å². The quantitative estimate of drug-likeness (QED) is 0.0684. The first-order valence-electron chi connectivity index (χ1n) is 13.1. The first-order chi connectivity index (χ1) is 19.2. The number of hydrogen-bond acceptors (Lipinski definition) is 10. The van der Waals surface area contributed by atoms with Gasteiger partial charge in [-0.1, -0.05) is 54.1 Å². The van der Waals surface area contributed by atoms with Crippen LogP contribution in [0.25, 0.3) is 0 Å². The third-order valence-electron chi connectivity index (χ3n) is 6.52. The fraction of sp³-hybridized carbons (Fsp3) is 0.414. The molecule has 1 fully saturated rings. The van der Waals surface area contributed by atoms with Gasteiger partial charge in [0.25, 0.3) is 0 Å². The molecule has 0 aromatic heterocycles. The van der Waals surface area contributed by atoms with E-state index in [1.807, 2.05) is 12.2 Å². The lowest BCUT2D eigenvalue weighted by Gasteiger charge is -2.19. The molecule has 0 amide bonds. The molecule has 11 heteroatoms. The molecule has 2 aromatic rings. The maximum absolute atomic E-state index is 12.1. The number of esters is 1. The van der Waals surface area contributed by atoms with Crippen LogP contribution in [0.15, 0.2) is 72.8 Å². The second-order valence-corrected chi connectivity index (χ2v) is 10.0. The maximum Gasteiger partial charge on any atom is 0.311 e. The molecule has 0 spiro atoms. The lowest BCUT2D eigenvalue weighted by Crippen LogP contribution is -2.21. The molecule has 0 unspecified atom stereocenters. The molecule has 0 radical (unpaired) electrons. The van der Waals surface area contributed by atoms with Gasteiger partial charge in [-0.15, -0.1) is 0 Å². The molecule has 10 nitrogen and oxygen atoms in total. The number of carbonyl (C=O) groups is 1. The van der Waals surface area contributed by atoms with Crippen LogP contribution >= 0.6 is 11.6 Å². The van der Waals surface area contributed by atoms with Gasteiger partial charge in [0.2, 0.25) is 0 Å². The van der Waals surface area contributed by atoms with Crippen LogP contribution in [-0.2, 0) is 16.2 Å². The Morgan fingerprint density at radius 3 is 2.58 bits per heavy atom. The van der Waals surface area contributed by atoms with Crippen molar-refractivity contribution in [2.45, 2.75) is 57.0 Å². The Morgan fingerprint density at radius 1 is 1.07 bits per heavy atom. The van der Waals surface area contributed by atoms with Gasteiger partial charge in [0.15, 0.2) is 0 Å². The lowest BCUT2D eigenvalue weighted by molar-refractivity contribution is -0.497. The van der Waals surface area contributed by atoms with Gasteiger partial charge >= 0.3 is 5.97 Å². The van der Waals surface area contributed by atoms with Crippen molar-refractivity contribution >= 4 is 17.6 Å². The molecular weight excluding hydrogens is 542 g/mol. The first-order valence-corrected chi connectivity index (χ1v) is 13.5. The van der Waals surface area contributed by atoms with Crippen molar-refractivity contribution in [1.82, 2.24) is 5.39 Å². The van der Waals surface area contributed by atoms with E-state index in [2.05, 4.69) is 4.84 Å². The normalized spacial score (nSPS) is 21.9. The summed E-state index contributed by atoms with van der Waals surface area (Å²) in [4.78, 5) is 16.6. The van der Waals surface area contributed by atoms with Crippen LogP contribution < -0.4 is 9.47 Å². The number of nitrogens with zero attached hydrogens (tertiary/aromatic N) is 1. The number of hydrogen-bond donors (Lipinski definition) is 5. The van der Waals surface area contributed by atoms with Crippen molar-refractivity contribution in [3.63, 3.8) is 0 Å². The average molecular weight is 578 g/mol. The van der Waals surface area contributed by atoms with Crippen molar-refractivity contribution in [2.24, 2.45) is 11.8 Å². The predicted molar refractivity (Wildman–Crippen MR) is 146 cm³/mol. The van der Waals surface area contributed by atoms with Gasteiger partial charge in [0.1, 0.15) is 24.2 Å². The van der Waals surface area contributed by atoms with E-state index in [0.717, 1.165) is 0 Å². The Hall–Kier alpha value is -2.80. The number of benzene rings is 2. The van der Waals surface area contributed by atoms with Crippen LogP contribution in [0.5, 0.6) is 11.5 Å². The second-order valence-electron chi connectivity index (χ2n) is 9.58. The van der Waals surface area contributed by atoms with Crippen LogP contribution in [0, 0.1) is 11.8 Å². The standard InChI is InChI=1S/C29H36ClNO9/c30-21-6-5-7-24(16-21)38-19-22(32)12-15-26-25(27(33)17-28(26)34)8-3-1-2-4-9-29(35)40-23-13-10-20(11-14-23)18-39-31(36)37/h1,3,5-7,10-16,22,25-28,32-34,36-37H,2,4,8-9,17-19H2/b3-1-,15-12+/t22-,25-,26-,27+,28-/m1/s1. The summed E-state index contributed by atoms with van der Waals surface area (Å²) in [5.41, 5.74) is 0.662. The summed E-state index contributed by atoms with van der Waals surface area (Å²) in [6.45, 7) is -0.0211. The number of carbonyl (C=O) groups excluding carboxylic acids is 1. The zero-order valence-corrected chi connectivity index (χ0v) is 22.7. The van der Waals surface area contributed by atoms with Crippen LogP contribution in [0.2, 0.25) is 5.02 Å². The Bertz CT molecular complexity index is 1110. The molecule has 2 aromatic carbocycles. The minimum atomic E-state index is -0.884. The van der Waals surface area contributed by atoms with E-state index >= 15 is 0 Å². The van der Waals surface area contributed by atoms with Crippen molar-refractivity contribution in [3.05, 3.63) is 83.4 Å². The van der Waals surface area contributed by atoms with Crippen LogP contribution in [0.1, 0.15) is 37.7 Å². The van der Waals surface area contributed by atoms with Crippen molar-refractivity contribution in [3.8, 4) is 11.5 Å². The number of rotatable bonds is 15. The molecule has 1 aliphatic carbocycles. The minimum Gasteiger partial charge on any atom is -0.491 e. The van der Waals surface area contributed by atoms with Crippen LogP contribution in [0.4, 0.5) is 0 Å². The SMILES string of the molecule is O=C(CCC/C=C\C[C@@H]1[C@@H](/C=C/[C@@H](O)COc2cccc(Cl)c2)[C@H](O)C[C@@H]1O)Oc1ccc(CON(O)O)cc1. The fourth-order valence-corrected chi connectivity index (χ4v) is 4.64. The Balaban J connectivity index is 1.37. The average Bonchev–Trinajstić information content (AvgIpc) is 3.19. The number of unbranched alkanes of at least 4 members (excludes halogenated alkanes) is 1. The highest BCUT2D eigenvalue weighted by Gasteiger charge is 2.39. The Morgan fingerprint density at radius 2 is 1.85 bits per heavy atom. The van der Waals surface area contributed by atoms with Gasteiger partial charge in [0.05, 0.1) is 24.2 Å². The summed E-state index contributed by atoms with van der Waals surface area (Å²) >= 11 is 5.94. The first kappa shape index (κ1) is 31.7. The van der Waals surface area contributed by atoms with Gasteiger partial charge in [-0.2, -0.15) is 0 Å². The molecule has 0 bridgehead atoms. The van der Waals surface area contributed by atoms with E-state index in [4.69, 9.17) is 31.5 Å². The Kier molecular flexibility index (Phi) is 13.1. The summed E-state index contributed by atoms with van der Waals surface area (Å²) in [6.07, 6.45) is 7.24. The lowest BCUT2D eigenvalue weighted by atomic mass is 9.89. The van der Waals surface area contributed by atoms with Gasteiger partial charge in [0, 0.05) is 23.8 Å². The molecule has 0 heterocycles. The molecule has 3 rings (SSSR count). The smallest absolute Gasteiger partial charge is 0.311 e. The summed E-state index contributed by atoms with van der Waals surface area (Å²) < 4.78 is 10.8. The van der Waals surface area contributed by atoms with Gasteiger partial charge in [-0.3, -0.25) is 15.2 Å². The van der Waals surface area contributed by atoms with Gasteiger partial charge in [-0.05, 0) is 61.1 Å². The second kappa shape index (κ2) is 16.5. The summed E-state index contributed by atoms with van der Waals surface area (Å²) in [6, 6.07) is 13.3. The van der Waals surface area contributed by atoms with Crippen molar-refractivity contribution < 1.29 is 44.8 Å². The van der Waals surface area contributed by atoms with Gasteiger partial charge < -0.3 is 24.8 Å². The molecule has 218 valence electrons. The zero-order chi connectivity index (χ0) is 28.9. The largest absolute Gasteiger partial charge is 0.491 e. The highest BCUT2D eigenvalue weighted by Crippen LogP contribution is 2.36. The van der Waals surface area contributed by atoms with Crippen LogP contribution in [0.3, 0.4) is 0 Å². The number of ether oxygens (including phenoxy) is 2. The third-order valence-corrected chi connectivity index (χ3v) is 6.75. The molecular formula is C29H36ClNO9.